The first-order chi connectivity index (χ1) is 9.61. The summed E-state index contributed by atoms with van der Waals surface area (Å²) in [6.07, 6.45) is 0. The largest absolute Gasteiger partial charge is 0.478 e. The van der Waals surface area contributed by atoms with Crippen molar-refractivity contribution in [3.05, 3.63) is 72.8 Å². The van der Waals surface area contributed by atoms with Crippen LogP contribution in [0.4, 0.5) is 0 Å². The van der Waals surface area contributed by atoms with E-state index >= 15 is 0 Å². The van der Waals surface area contributed by atoms with Gasteiger partial charge in [-0.25, -0.2) is 4.79 Å². The van der Waals surface area contributed by atoms with E-state index in [4.69, 9.17) is 10.2 Å². The summed E-state index contributed by atoms with van der Waals surface area (Å²) in [5.41, 5.74) is 2.73. The van der Waals surface area contributed by atoms with Crippen LogP contribution in [0.1, 0.15) is 6.92 Å². The lowest BCUT2D eigenvalue weighted by Crippen LogP contribution is -1.92. The van der Waals surface area contributed by atoms with E-state index in [0.717, 1.165) is 7.11 Å². The third kappa shape index (κ3) is 7.13. The molecule has 2 rings (SSSR count). The maximum Gasteiger partial charge on any atom is 0.330 e. The van der Waals surface area contributed by atoms with Crippen LogP contribution in [0, 0.1) is 0 Å². The number of hydrogen-bond acceptors (Lipinski definition) is 2. The van der Waals surface area contributed by atoms with Crippen molar-refractivity contribution in [2.45, 2.75) is 6.92 Å². The van der Waals surface area contributed by atoms with Gasteiger partial charge >= 0.3 is 5.97 Å². The van der Waals surface area contributed by atoms with E-state index in [0.29, 0.717) is 0 Å². The van der Waals surface area contributed by atoms with Crippen molar-refractivity contribution >= 4 is 5.97 Å². The van der Waals surface area contributed by atoms with Gasteiger partial charge in [-0.05, 0) is 18.1 Å². The zero-order valence-electron chi connectivity index (χ0n) is 11.8. The molecule has 0 heterocycles. The molecule has 0 atom stereocenters. The highest BCUT2D eigenvalue weighted by atomic mass is 16.4. The second kappa shape index (κ2) is 10.5. The minimum absolute atomic E-state index is 0.176. The number of aliphatic carboxylic acids is 1. The first-order valence-electron chi connectivity index (χ1n) is 6.05. The average molecular weight is 272 g/mol. The molecule has 3 nitrogen and oxygen atoms in total. The van der Waals surface area contributed by atoms with Gasteiger partial charge in [0.25, 0.3) is 0 Å². The SMILES string of the molecule is C=C(C)C(=O)O.CO.c1ccc(-c2ccccc2)cc1. The average Bonchev–Trinajstić information content (AvgIpc) is 2.51. The van der Waals surface area contributed by atoms with Gasteiger partial charge < -0.3 is 10.2 Å². The minimum atomic E-state index is -0.935. The summed E-state index contributed by atoms with van der Waals surface area (Å²) in [6.45, 7) is 4.60. The molecule has 0 unspecified atom stereocenters. The van der Waals surface area contributed by atoms with Crippen molar-refractivity contribution in [2.24, 2.45) is 0 Å². The number of aliphatic hydroxyl groups is 1. The summed E-state index contributed by atoms with van der Waals surface area (Å²) in [7, 11) is 1.00. The molecule has 2 N–H and O–H groups in total. The Hall–Kier alpha value is -2.39. The molecule has 0 bridgehead atoms. The maximum atomic E-state index is 9.60. The number of rotatable bonds is 2. The van der Waals surface area contributed by atoms with E-state index in [1.807, 2.05) is 12.1 Å². The van der Waals surface area contributed by atoms with Crippen molar-refractivity contribution in [2.75, 3.05) is 7.11 Å². The lowest BCUT2D eigenvalue weighted by molar-refractivity contribution is -0.132. The van der Waals surface area contributed by atoms with Gasteiger partial charge in [0, 0.05) is 12.7 Å². The highest BCUT2D eigenvalue weighted by Gasteiger charge is 1.92. The topological polar surface area (TPSA) is 57.5 Å². The van der Waals surface area contributed by atoms with Crippen molar-refractivity contribution in [1.29, 1.82) is 0 Å². The molecule has 20 heavy (non-hydrogen) atoms. The molecule has 106 valence electrons. The van der Waals surface area contributed by atoms with Crippen LogP contribution in [0.2, 0.25) is 0 Å². The van der Waals surface area contributed by atoms with Gasteiger partial charge in [-0.3, -0.25) is 0 Å². The number of carboxylic acids is 1. The Kier molecular flexibility index (Phi) is 9.27. The van der Waals surface area contributed by atoms with Gasteiger partial charge in [-0.15, -0.1) is 0 Å². The first kappa shape index (κ1) is 17.6. The van der Waals surface area contributed by atoms with E-state index in [1.165, 1.54) is 18.1 Å². The lowest BCUT2D eigenvalue weighted by Gasteiger charge is -1.98. The number of hydrogen-bond donors (Lipinski definition) is 2. The summed E-state index contributed by atoms with van der Waals surface area (Å²) >= 11 is 0. The fraction of sp³-hybridized carbons (Fsp3) is 0.118. The molecule has 0 aliphatic carbocycles. The molecule has 2 aromatic carbocycles. The predicted molar refractivity (Wildman–Crippen MR) is 82.5 cm³/mol. The molecular formula is C17H20O3. The molecule has 0 saturated carbocycles. The first-order valence-corrected chi connectivity index (χ1v) is 6.05. The summed E-state index contributed by atoms with van der Waals surface area (Å²) in [5.74, 6) is -0.935. The van der Waals surface area contributed by atoms with Crippen LogP contribution in [0.5, 0.6) is 0 Å². The van der Waals surface area contributed by atoms with Gasteiger partial charge in [0.1, 0.15) is 0 Å². The minimum Gasteiger partial charge on any atom is -0.478 e. The van der Waals surface area contributed by atoms with Gasteiger partial charge in [0.05, 0.1) is 0 Å². The van der Waals surface area contributed by atoms with Crippen molar-refractivity contribution in [3.63, 3.8) is 0 Å². The highest BCUT2D eigenvalue weighted by molar-refractivity contribution is 5.84. The van der Waals surface area contributed by atoms with Crippen molar-refractivity contribution in [3.8, 4) is 11.1 Å². The van der Waals surface area contributed by atoms with E-state index in [-0.39, 0.29) is 5.57 Å². The normalized spacial score (nSPS) is 8.35. The second-order valence-corrected chi connectivity index (χ2v) is 3.82. The molecule has 0 amide bonds. The van der Waals surface area contributed by atoms with E-state index in [1.54, 1.807) is 0 Å². The van der Waals surface area contributed by atoms with Gasteiger partial charge in [-0.1, -0.05) is 67.2 Å². The molecule has 0 aliphatic heterocycles. The Morgan fingerprint density at radius 2 is 1.10 bits per heavy atom. The van der Waals surface area contributed by atoms with Crippen molar-refractivity contribution in [1.82, 2.24) is 0 Å². The molecule has 0 radical (unpaired) electrons. The number of carboxylic acid groups (broad SMARTS) is 1. The van der Waals surface area contributed by atoms with Gasteiger partial charge in [0.15, 0.2) is 0 Å². The molecule has 0 fully saturated rings. The van der Waals surface area contributed by atoms with E-state index in [2.05, 4.69) is 55.1 Å². The Balaban J connectivity index is 0.000000387. The zero-order valence-corrected chi connectivity index (χ0v) is 11.8. The molecule has 3 heteroatoms. The number of carbonyl (C=O) groups is 1. The Morgan fingerprint density at radius 1 is 0.850 bits per heavy atom. The molecule has 0 aliphatic rings. The van der Waals surface area contributed by atoms with Crippen LogP contribution < -0.4 is 0 Å². The fourth-order valence-corrected chi connectivity index (χ4v) is 1.26. The Bertz CT molecular complexity index is 455. The Labute approximate surface area is 119 Å². The summed E-state index contributed by atoms with van der Waals surface area (Å²) in [5, 5.41) is 14.9. The third-order valence-corrected chi connectivity index (χ3v) is 2.25. The highest BCUT2D eigenvalue weighted by Crippen LogP contribution is 2.17. The molecular weight excluding hydrogens is 252 g/mol. The summed E-state index contributed by atoms with van der Waals surface area (Å²) in [4.78, 5) is 9.60. The van der Waals surface area contributed by atoms with Gasteiger partial charge in [0.2, 0.25) is 0 Å². The van der Waals surface area contributed by atoms with E-state index in [9.17, 15) is 4.79 Å². The maximum absolute atomic E-state index is 9.60. The molecule has 0 aromatic heterocycles. The monoisotopic (exact) mass is 272 g/mol. The van der Waals surface area contributed by atoms with Crippen LogP contribution in [-0.2, 0) is 4.79 Å². The van der Waals surface area contributed by atoms with E-state index < -0.39 is 5.97 Å². The second-order valence-electron chi connectivity index (χ2n) is 3.82. The van der Waals surface area contributed by atoms with Crippen LogP contribution in [0.25, 0.3) is 11.1 Å². The van der Waals surface area contributed by atoms with Crippen molar-refractivity contribution < 1.29 is 15.0 Å². The van der Waals surface area contributed by atoms with Gasteiger partial charge in [-0.2, -0.15) is 0 Å². The number of benzene rings is 2. The zero-order chi connectivity index (χ0) is 15.4. The quantitative estimate of drug-likeness (QED) is 0.821. The van der Waals surface area contributed by atoms with Crippen LogP contribution in [0.3, 0.4) is 0 Å². The third-order valence-electron chi connectivity index (χ3n) is 2.25. The lowest BCUT2D eigenvalue weighted by atomic mass is 10.1. The van der Waals surface area contributed by atoms with Crippen LogP contribution >= 0.6 is 0 Å². The van der Waals surface area contributed by atoms with Crippen LogP contribution in [0.15, 0.2) is 72.8 Å². The predicted octanol–water partition coefficient (Wildman–Crippen LogP) is 3.61. The molecule has 0 saturated heterocycles. The summed E-state index contributed by atoms with van der Waals surface area (Å²) in [6, 6.07) is 20.8. The molecule has 2 aromatic rings. The molecule has 0 spiro atoms. The summed E-state index contributed by atoms with van der Waals surface area (Å²) < 4.78 is 0. The number of aliphatic hydroxyl groups excluding tert-OH is 1. The smallest absolute Gasteiger partial charge is 0.330 e. The van der Waals surface area contributed by atoms with Crippen LogP contribution in [-0.4, -0.2) is 23.3 Å². The Morgan fingerprint density at radius 3 is 1.30 bits per heavy atom. The standard InChI is InChI=1S/C12H10.C4H6O2.CH4O/c1-3-7-11(8-4-1)12-9-5-2-6-10-12;1-3(2)4(5)6;1-2/h1-10H;1H2,2H3,(H,5,6);2H,1H3. The fourth-order valence-electron chi connectivity index (χ4n) is 1.26.